The Morgan fingerprint density at radius 2 is 1.32 bits per heavy atom. The lowest BCUT2D eigenvalue weighted by molar-refractivity contribution is 0.385. The van der Waals surface area contributed by atoms with Crippen molar-refractivity contribution < 1.29 is 0 Å². The van der Waals surface area contributed by atoms with Crippen LogP contribution in [0.1, 0.15) is 59.4 Å². The molecule has 4 aromatic carbocycles. The predicted octanol–water partition coefficient (Wildman–Crippen LogP) is 8.30. The van der Waals surface area contributed by atoms with E-state index in [1.54, 1.807) is 5.56 Å². The third-order valence-corrected chi connectivity index (χ3v) is 8.12. The first-order valence-electron chi connectivity index (χ1n) is 12.7. The fraction of sp³-hybridized carbons (Fsp3) is 0.212. The van der Waals surface area contributed by atoms with Gasteiger partial charge in [0.2, 0.25) is 0 Å². The lowest BCUT2D eigenvalue weighted by Crippen LogP contribution is -2.35. The SMILES string of the molecule is C(=C1c2ccccc2-c2ccccc21)c1ccc2c(c1)C1CCCCC1N2Cc1ccccc1. The van der Waals surface area contributed by atoms with Gasteiger partial charge in [-0.15, -0.1) is 0 Å². The number of hydrogen-bond acceptors (Lipinski definition) is 1. The minimum atomic E-state index is 0.639. The Hall–Kier alpha value is -3.58. The Labute approximate surface area is 202 Å². The van der Waals surface area contributed by atoms with E-state index in [-0.39, 0.29) is 0 Å². The van der Waals surface area contributed by atoms with Crippen LogP contribution in [0.15, 0.2) is 97.1 Å². The second kappa shape index (κ2) is 8.02. The van der Waals surface area contributed by atoms with Gasteiger partial charge in [-0.25, -0.2) is 0 Å². The largest absolute Gasteiger partial charge is 0.363 e. The maximum Gasteiger partial charge on any atom is 0.0432 e. The molecule has 0 N–H and O–H groups in total. The summed E-state index contributed by atoms with van der Waals surface area (Å²) in [4.78, 5) is 2.70. The number of hydrogen-bond donors (Lipinski definition) is 0. The second-order valence-corrected chi connectivity index (χ2v) is 10.0. The van der Waals surface area contributed by atoms with Crippen molar-refractivity contribution in [2.24, 2.45) is 0 Å². The van der Waals surface area contributed by atoms with Gasteiger partial charge in [0.15, 0.2) is 0 Å². The molecule has 2 aliphatic carbocycles. The average Bonchev–Trinajstić information content (AvgIpc) is 3.38. The van der Waals surface area contributed by atoms with Crippen molar-refractivity contribution in [3.05, 3.63) is 125 Å². The summed E-state index contributed by atoms with van der Waals surface area (Å²) < 4.78 is 0. The van der Waals surface area contributed by atoms with E-state index >= 15 is 0 Å². The topological polar surface area (TPSA) is 3.24 Å². The molecule has 1 aliphatic heterocycles. The highest BCUT2D eigenvalue weighted by Gasteiger charge is 2.39. The molecule has 34 heavy (non-hydrogen) atoms. The zero-order chi connectivity index (χ0) is 22.5. The van der Waals surface area contributed by atoms with Crippen molar-refractivity contribution in [1.29, 1.82) is 0 Å². The maximum atomic E-state index is 2.70. The van der Waals surface area contributed by atoms with Gasteiger partial charge in [-0.05, 0) is 75.6 Å². The van der Waals surface area contributed by atoms with Crippen LogP contribution in [0.5, 0.6) is 0 Å². The average molecular weight is 440 g/mol. The standard InChI is InChI=1S/C33H29N/c1-2-10-23(11-3-1)22-34-32-17-9-8-16-29(32)31-21-24(18-19-33(31)34)20-30-27-14-6-4-12-25(27)26-13-5-7-15-28(26)30/h1-7,10-15,18-21,29,32H,8-9,16-17,22H2. The second-order valence-electron chi connectivity index (χ2n) is 10.0. The number of anilines is 1. The van der Waals surface area contributed by atoms with Gasteiger partial charge in [-0.3, -0.25) is 0 Å². The molecule has 1 fully saturated rings. The third kappa shape index (κ3) is 3.15. The van der Waals surface area contributed by atoms with E-state index in [1.807, 2.05) is 0 Å². The van der Waals surface area contributed by atoms with Crippen LogP contribution in [0, 0.1) is 0 Å². The zero-order valence-corrected chi connectivity index (χ0v) is 19.5. The Bertz CT molecular complexity index is 1350. The molecule has 2 unspecified atom stereocenters. The molecule has 4 aromatic rings. The van der Waals surface area contributed by atoms with Crippen LogP contribution in [0.4, 0.5) is 5.69 Å². The van der Waals surface area contributed by atoms with E-state index in [4.69, 9.17) is 0 Å². The summed E-state index contributed by atoms with van der Waals surface area (Å²) in [6.07, 6.45) is 7.75. The van der Waals surface area contributed by atoms with Gasteiger partial charge >= 0.3 is 0 Å². The van der Waals surface area contributed by atoms with Gasteiger partial charge < -0.3 is 4.90 Å². The minimum absolute atomic E-state index is 0.639. The van der Waals surface area contributed by atoms with Crippen molar-refractivity contribution >= 4 is 17.3 Å². The van der Waals surface area contributed by atoms with Gasteiger partial charge in [-0.2, -0.15) is 0 Å². The first-order valence-corrected chi connectivity index (χ1v) is 12.7. The number of nitrogens with zero attached hydrogens (tertiary/aromatic N) is 1. The highest BCUT2D eigenvalue weighted by Crippen LogP contribution is 2.50. The molecule has 0 aromatic heterocycles. The Morgan fingerprint density at radius 1 is 0.676 bits per heavy atom. The molecule has 1 heteroatoms. The highest BCUT2D eigenvalue weighted by atomic mass is 15.2. The molecule has 166 valence electrons. The molecule has 2 atom stereocenters. The van der Waals surface area contributed by atoms with Gasteiger partial charge in [0.05, 0.1) is 0 Å². The summed E-state index contributed by atoms with van der Waals surface area (Å²) in [6.45, 7) is 1.01. The van der Waals surface area contributed by atoms with Crippen LogP contribution in [-0.4, -0.2) is 6.04 Å². The van der Waals surface area contributed by atoms with Crippen molar-refractivity contribution in [2.75, 3.05) is 4.90 Å². The molecule has 0 amide bonds. The van der Waals surface area contributed by atoms with Crippen LogP contribution >= 0.6 is 0 Å². The van der Waals surface area contributed by atoms with Crippen molar-refractivity contribution in [1.82, 2.24) is 0 Å². The first kappa shape index (κ1) is 19.9. The van der Waals surface area contributed by atoms with Crippen LogP contribution in [0.2, 0.25) is 0 Å². The van der Waals surface area contributed by atoms with Crippen molar-refractivity contribution in [3.63, 3.8) is 0 Å². The van der Waals surface area contributed by atoms with Crippen LogP contribution in [0.25, 0.3) is 22.8 Å². The predicted molar refractivity (Wildman–Crippen MR) is 143 cm³/mol. The summed E-state index contributed by atoms with van der Waals surface area (Å²) in [7, 11) is 0. The van der Waals surface area contributed by atoms with Gasteiger partial charge in [0, 0.05) is 24.2 Å². The zero-order valence-electron chi connectivity index (χ0n) is 19.5. The number of fused-ring (bicyclic) bond motifs is 6. The molecule has 0 bridgehead atoms. The minimum Gasteiger partial charge on any atom is -0.363 e. The van der Waals surface area contributed by atoms with E-state index in [2.05, 4.69) is 108 Å². The van der Waals surface area contributed by atoms with Gasteiger partial charge in [0.1, 0.15) is 0 Å². The van der Waals surface area contributed by atoms with Gasteiger partial charge in [0.25, 0.3) is 0 Å². The number of rotatable bonds is 3. The van der Waals surface area contributed by atoms with E-state index in [9.17, 15) is 0 Å². The Balaban J connectivity index is 1.31. The maximum absolute atomic E-state index is 2.70. The summed E-state index contributed by atoms with van der Waals surface area (Å²) in [5.74, 6) is 0.661. The van der Waals surface area contributed by atoms with Gasteiger partial charge in [-0.1, -0.05) is 97.8 Å². The molecular weight excluding hydrogens is 410 g/mol. The molecule has 3 aliphatic rings. The Morgan fingerprint density at radius 3 is 2.06 bits per heavy atom. The Kier molecular flexibility index (Phi) is 4.68. The van der Waals surface area contributed by atoms with E-state index in [1.165, 1.54) is 70.3 Å². The quantitative estimate of drug-likeness (QED) is 0.273. The molecule has 7 rings (SSSR count). The highest BCUT2D eigenvalue weighted by molar-refractivity contribution is 6.06. The van der Waals surface area contributed by atoms with Crippen LogP contribution in [0.3, 0.4) is 0 Å². The van der Waals surface area contributed by atoms with E-state index < -0.39 is 0 Å². The summed E-state index contributed by atoms with van der Waals surface area (Å²) >= 11 is 0. The monoisotopic (exact) mass is 439 g/mol. The molecular formula is C33H29N. The fourth-order valence-electron chi connectivity index (χ4n) is 6.60. The molecule has 0 radical (unpaired) electrons. The first-order chi connectivity index (χ1) is 16.9. The van der Waals surface area contributed by atoms with E-state index in [0.29, 0.717) is 12.0 Å². The molecule has 1 saturated carbocycles. The molecule has 1 nitrogen and oxygen atoms in total. The van der Waals surface area contributed by atoms with Crippen LogP contribution < -0.4 is 4.90 Å². The number of benzene rings is 4. The smallest absolute Gasteiger partial charge is 0.0432 e. The summed E-state index contributed by atoms with van der Waals surface area (Å²) in [5.41, 5.74) is 12.5. The molecule has 1 heterocycles. The fourth-order valence-corrected chi connectivity index (χ4v) is 6.60. The van der Waals surface area contributed by atoms with Crippen LogP contribution in [-0.2, 0) is 6.54 Å². The molecule has 0 spiro atoms. The molecule has 0 saturated heterocycles. The summed E-state index contributed by atoms with van der Waals surface area (Å²) in [6, 6.07) is 36.5. The van der Waals surface area contributed by atoms with E-state index in [0.717, 1.165) is 6.54 Å². The van der Waals surface area contributed by atoms with Crippen molar-refractivity contribution in [2.45, 2.75) is 44.2 Å². The lowest BCUT2D eigenvalue weighted by atomic mass is 9.82. The lowest BCUT2D eigenvalue weighted by Gasteiger charge is -2.33. The normalized spacial score (nSPS) is 19.9. The third-order valence-electron chi connectivity index (χ3n) is 8.12. The van der Waals surface area contributed by atoms with Crippen molar-refractivity contribution in [3.8, 4) is 11.1 Å². The summed E-state index contributed by atoms with van der Waals surface area (Å²) in [5, 5.41) is 0.